The third-order valence-electron chi connectivity index (χ3n) is 4.78. The molecule has 0 aliphatic carbocycles. The van der Waals surface area contributed by atoms with Crippen LogP contribution in [0.4, 0.5) is 4.39 Å². The van der Waals surface area contributed by atoms with Crippen LogP contribution in [0.25, 0.3) is 0 Å². The number of aliphatic imine (C=N–C) groups is 1. The first-order valence-corrected chi connectivity index (χ1v) is 10.1. The van der Waals surface area contributed by atoms with E-state index in [9.17, 15) is 9.18 Å². The van der Waals surface area contributed by atoms with E-state index in [1.807, 2.05) is 6.92 Å². The predicted molar refractivity (Wildman–Crippen MR) is 125 cm³/mol. The van der Waals surface area contributed by atoms with Crippen molar-refractivity contribution < 1.29 is 9.13 Å². The molecule has 2 N–H and O–H groups in total. The Morgan fingerprint density at radius 2 is 2.20 bits per heavy atom. The van der Waals surface area contributed by atoms with E-state index >= 15 is 0 Å². The standard InChI is InChI=1S/C20H29FN6O2.HI/c1-15(29-17-8-5-7-16(21)13-17)14-24-19(22-2)23-10-6-12-27-20(28)26-11-4-3-9-18(26)25-27;/h5,7-8,13,15H,3-4,6,9-12,14H2,1-2H3,(H2,22,23,24);1H. The number of guanidine groups is 1. The quantitative estimate of drug-likeness (QED) is 0.236. The van der Waals surface area contributed by atoms with E-state index in [1.165, 1.54) is 12.1 Å². The van der Waals surface area contributed by atoms with E-state index in [2.05, 4.69) is 20.7 Å². The largest absolute Gasteiger partial charge is 0.489 e. The number of aryl methyl sites for hydroxylation is 2. The van der Waals surface area contributed by atoms with Gasteiger partial charge in [-0.2, -0.15) is 5.10 Å². The van der Waals surface area contributed by atoms with Crippen molar-refractivity contribution in [3.63, 3.8) is 0 Å². The van der Waals surface area contributed by atoms with Crippen LogP contribution in [0.1, 0.15) is 32.0 Å². The summed E-state index contributed by atoms with van der Waals surface area (Å²) in [6.45, 7) is 4.43. The summed E-state index contributed by atoms with van der Waals surface area (Å²) in [7, 11) is 1.70. The molecule has 2 aromatic rings. The number of hydrogen-bond acceptors (Lipinski definition) is 4. The first-order chi connectivity index (χ1) is 14.1. The van der Waals surface area contributed by atoms with Gasteiger partial charge in [-0.05, 0) is 38.3 Å². The third-order valence-corrected chi connectivity index (χ3v) is 4.78. The molecule has 3 rings (SSSR count). The van der Waals surface area contributed by atoms with Crippen LogP contribution in [0.2, 0.25) is 0 Å². The van der Waals surface area contributed by atoms with Crippen molar-refractivity contribution >= 4 is 29.9 Å². The van der Waals surface area contributed by atoms with Crippen LogP contribution in [0.15, 0.2) is 34.1 Å². The molecule has 8 nitrogen and oxygen atoms in total. The molecule has 2 heterocycles. The average molecular weight is 532 g/mol. The fourth-order valence-corrected chi connectivity index (χ4v) is 3.31. The molecule has 1 aliphatic heterocycles. The van der Waals surface area contributed by atoms with Gasteiger partial charge in [-0.25, -0.2) is 13.9 Å². The Morgan fingerprint density at radius 1 is 1.37 bits per heavy atom. The Bertz CT molecular complexity index is 898. The molecule has 166 valence electrons. The highest BCUT2D eigenvalue weighted by Crippen LogP contribution is 2.13. The summed E-state index contributed by atoms with van der Waals surface area (Å²) >= 11 is 0. The van der Waals surface area contributed by atoms with E-state index in [4.69, 9.17) is 4.74 Å². The van der Waals surface area contributed by atoms with E-state index in [1.54, 1.807) is 28.4 Å². The number of ether oxygens (including phenoxy) is 1. The summed E-state index contributed by atoms with van der Waals surface area (Å²) in [5.74, 6) is 1.73. The zero-order valence-electron chi connectivity index (χ0n) is 17.4. The zero-order chi connectivity index (χ0) is 20.6. The Kier molecular flexibility index (Phi) is 9.60. The highest BCUT2D eigenvalue weighted by Gasteiger charge is 2.16. The topological polar surface area (TPSA) is 85.5 Å². The number of hydrogen-bond donors (Lipinski definition) is 2. The summed E-state index contributed by atoms with van der Waals surface area (Å²) < 4.78 is 22.3. The summed E-state index contributed by atoms with van der Waals surface area (Å²) in [5, 5.41) is 10.9. The first-order valence-electron chi connectivity index (χ1n) is 10.1. The highest BCUT2D eigenvalue weighted by atomic mass is 127. The number of nitrogens with one attached hydrogen (secondary N) is 2. The van der Waals surface area contributed by atoms with E-state index in [0.717, 1.165) is 38.1 Å². The number of benzene rings is 1. The van der Waals surface area contributed by atoms with Gasteiger partial charge in [0, 0.05) is 39.2 Å². The maximum atomic E-state index is 13.2. The molecule has 1 aliphatic rings. The second-order valence-corrected chi connectivity index (χ2v) is 7.15. The molecule has 1 aromatic carbocycles. The second-order valence-electron chi connectivity index (χ2n) is 7.15. The molecule has 1 aromatic heterocycles. The van der Waals surface area contributed by atoms with E-state index in [0.29, 0.717) is 31.3 Å². The lowest BCUT2D eigenvalue weighted by Gasteiger charge is -2.17. The maximum absolute atomic E-state index is 13.2. The molecule has 0 saturated carbocycles. The van der Waals surface area contributed by atoms with E-state index < -0.39 is 0 Å². The zero-order valence-corrected chi connectivity index (χ0v) is 19.8. The highest BCUT2D eigenvalue weighted by molar-refractivity contribution is 14.0. The number of nitrogens with zero attached hydrogens (tertiary/aromatic N) is 4. The van der Waals surface area contributed by atoms with Gasteiger partial charge in [-0.15, -0.1) is 24.0 Å². The SMILES string of the molecule is CN=C(NCCCn1nc2n(c1=O)CCCC2)NCC(C)Oc1cccc(F)c1.I. The number of halogens is 2. The van der Waals surface area contributed by atoms with Gasteiger partial charge in [0.15, 0.2) is 5.96 Å². The molecule has 1 unspecified atom stereocenters. The molecule has 30 heavy (non-hydrogen) atoms. The molecule has 0 saturated heterocycles. The number of fused-ring (bicyclic) bond motifs is 1. The van der Waals surface area contributed by atoms with Crippen molar-refractivity contribution in [2.45, 2.75) is 51.8 Å². The molecule has 0 fully saturated rings. The smallest absolute Gasteiger partial charge is 0.345 e. The van der Waals surface area contributed by atoms with Crippen LogP contribution >= 0.6 is 24.0 Å². The number of aromatic nitrogens is 3. The Morgan fingerprint density at radius 3 is 2.93 bits per heavy atom. The predicted octanol–water partition coefficient (Wildman–Crippen LogP) is 2.16. The van der Waals surface area contributed by atoms with Gasteiger partial charge in [-0.1, -0.05) is 6.07 Å². The third kappa shape index (κ3) is 6.71. The lowest BCUT2D eigenvalue weighted by molar-refractivity contribution is 0.223. The van der Waals surface area contributed by atoms with Crippen molar-refractivity contribution in [1.29, 1.82) is 0 Å². The van der Waals surface area contributed by atoms with Crippen LogP contribution in [-0.2, 0) is 19.5 Å². The molecule has 0 bridgehead atoms. The van der Waals surface area contributed by atoms with Gasteiger partial charge in [0.2, 0.25) is 0 Å². The Hall–Kier alpha value is -2.11. The minimum Gasteiger partial charge on any atom is -0.489 e. The lowest BCUT2D eigenvalue weighted by Crippen LogP contribution is -2.42. The van der Waals surface area contributed by atoms with Crippen LogP contribution in [0.5, 0.6) is 5.75 Å². The second kappa shape index (κ2) is 11.9. The van der Waals surface area contributed by atoms with Crippen molar-refractivity contribution in [3.8, 4) is 5.75 Å². The summed E-state index contributed by atoms with van der Waals surface area (Å²) in [6.07, 6.45) is 3.62. The fourth-order valence-electron chi connectivity index (χ4n) is 3.31. The summed E-state index contributed by atoms with van der Waals surface area (Å²) in [4.78, 5) is 16.5. The molecular formula is C20H30FIN6O2. The van der Waals surface area contributed by atoms with Crippen LogP contribution in [0.3, 0.4) is 0 Å². The van der Waals surface area contributed by atoms with Gasteiger partial charge in [0.1, 0.15) is 23.5 Å². The Balaban J connectivity index is 0.00000320. The minimum absolute atomic E-state index is 0. The van der Waals surface area contributed by atoms with E-state index in [-0.39, 0.29) is 41.6 Å². The fraction of sp³-hybridized carbons (Fsp3) is 0.550. The monoisotopic (exact) mass is 532 g/mol. The molecule has 1 atom stereocenters. The van der Waals surface area contributed by atoms with Crippen molar-refractivity contribution in [3.05, 3.63) is 46.4 Å². The summed E-state index contributed by atoms with van der Waals surface area (Å²) in [6, 6.07) is 6.09. The van der Waals surface area contributed by atoms with Gasteiger partial charge >= 0.3 is 5.69 Å². The summed E-state index contributed by atoms with van der Waals surface area (Å²) in [5.41, 5.74) is -0.00877. The van der Waals surface area contributed by atoms with Gasteiger partial charge < -0.3 is 15.4 Å². The molecular weight excluding hydrogens is 502 g/mol. The molecule has 10 heteroatoms. The van der Waals surface area contributed by atoms with Crippen molar-refractivity contribution in [2.75, 3.05) is 20.1 Å². The number of rotatable bonds is 8. The van der Waals surface area contributed by atoms with Crippen LogP contribution in [0, 0.1) is 5.82 Å². The van der Waals surface area contributed by atoms with Crippen LogP contribution < -0.4 is 21.1 Å². The molecule has 0 amide bonds. The van der Waals surface area contributed by atoms with Crippen LogP contribution in [-0.4, -0.2) is 46.5 Å². The maximum Gasteiger partial charge on any atom is 0.345 e. The lowest BCUT2D eigenvalue weighted by atomic mass is 10.2. The molecule has 0 spiro atoms. The first kappa shape index (κ1) is 24.2. The van der Waals surface area contributed by atoms with Gasteiger partial charge in [0.25, 0.3) is 0 Å². The normalized spacial score (nSPS) is 14.4. The van der Waals surface area contributed by atoms with Gasteiger partial charge in [-0.3, -0.25) is 9.56 Å². The van der Waals surface area contributed by atoms with Gasteiger partial charge in [0.05, 0.1) is 6.54 Å². The average Bonchev–Trinajstić information content (AvgIpc) is 3.03. The molecule has 0 radical (unpaired) electrons. The Labute approximate surface area is 192 Å². The van der Waals surface area contributed by atoms with Crippen molar-refractivity contribution in [2.24, 2.45) is 4.99 Å². The minimum atomic E-state index is -0.321. The van der Waals surface area contributed by atoms with Crippen molar-refractivity contribution in [1.82, 2.24) is 25.0 Å².